The summed E-state index contributed by atoms with van der Waals surface area (Å²) in [6.45, 7) is 5.93. The molecule has 0 saturated carbocycles. The molecule has 0 aliphatic carbocycles. The average Bonchev–Trinajstić information content (AvgIpc) is 3.64. The van der Waals surface area contributed by atoms with Crippen LogP contribution in [0.1, 0.15) is 61.3 Å². The fourth-order valence-electron chi connectivity index (χ4n) is 5.20. The molecule has 2 aromatic carbocycles. The van der Waals surface area contributed by atoms with Crippen LogP contribution in [-0.4, -0.2) is 43.9 Å². The highest BCUT2D eigenvalue weighted by Crippen LogP contribution is 2.38. The maximum Gasteiger partial charge on any atom is 0.338 e. The van der Waals surface area contributed by atoms with Crippen LogP contribution in [-0.2, 0) is 14.3 Å². The van der Waals surface area contributed by atoms with E-state index in [2.05, 4.69) is 0 Å². The summed E-state index contributed by atoms with van der Waals surface area (Å²) in [4.78, 5) is 45.1. The topological polar surface area (TPSA) is 119 Å². The van der Waals surface area contributed by atoms with Crippen molar-refractivity contribution in [2.75, 3.05) is 27.4 Å². The first-order valence-corrected chi connectivity index (χ1v) is 15.5. The molecular weight excluding hydrogens is 596 g/mol. The summed E-state index contributed by atoms with van der Waals surface area (Å²) in [5.41, 5.74) is 2.15. The zero-order valence-electron chi connectivity index (χ0n) is 25.7. The highest BCUT2D eigenvalue weighted by atomic mass is 32.1. The van der Waals surface area contributed by atoms with Crippen molar-refractivity contribution in [1.82, 2.24) is 4.57 Å². The number of hydrogen-bond donors (Lipinski definition) is 0. The minimum absolute atomic E-state index is 0.164. The number of carbonyl (C=O) groups excluding carboxylic acids is 2. The van der Waals surface area contributed by atoms with Gasteiger partial charge in [-0.05, 0) is 62.7 Å². The highest BCUT2D eigenvalue weighted by molar-refractivity contribution is 7.07. The number of rotatable bonds is 11. The van der Waals surface area contributed by atoms with Crippen molar-refractivity contribution in [2.24, 2.45) is 4.99 Å². The first-order valence-electron chi connectivity index (χ1n) is 14.6. The van der Waals surface area contributed by atoms with Crippen LogP contribution in [0.2, 0.25) is 0 Å². The van der Waals surface area contributed by atoms with E-state index in [1.807, 2.05) is 13.0 Å². The first-order chi connectivity index (χ1) is 21.8. The van der Waals surface area contributed by atoms with Gasteiger partial charge in [0, 0.05) is 17.2 Å². The van der Waals surface area contributed by atoms with E-state index in [1.54, 1.807) is 75.6 Å². The summed E-state index contributed by atoms with van der Waals surface area (Å²) in [5.74, 6) is 1.02. The fraction of sp³-hybridized carbons (Fsp3) is 0.294. The molecule has 0 saturated heterocycles. The third-order valence-electron chi connectivity index (χ3n) is 7.18. The monoisotopic (exact) mass is 630 g/mol. The third kappa shape index (κ3) is 6.34. The van der Waals surface area contributed by atoms with E-state index in [0.29, 0.717) is 61.2 Å². The number of carbonyl (C=O) groups is 2. The van der Waals surface area contributed by atoms with Gasteiger partial charge in [-0.3, -0.25) is 9.36 Å². The average molecular weight is 631 g/mol. The zero-order chi connectivity index (χ0) is 32.1. The van der Waals surface area contributed by atoms with E-state index >= 15 is 0 Å². The third-order valence-corrected chi connectivity index (χ3v) is 8.16. The van der Waals surface area contributed by atoms with E-state index in [9.17, 15) is 14.4 Å². The molecule has 0 unspecified atom stereocenters. The quantitative estimate of drug-likeness (QED) is 0.212. The second-order valence-electron chi connectivity index (χ2n) is 10.0. The molecule has 0 fully saturated rings. The molecule has 11 heteroatoms. The number of thiazole rings is 1. The predicted octanol–water partition coefficient (Wildman–Crippen LogP) is 5.03. The van der Waals surface area contributed by atoms with Crippen LogP contribution in [0.3, 0.4) is 0 Å². The molecule has 5 rings (SSSR count). The Morgan fingerprint density at radius 1 is 0.978 bits per heavy atom. The molecule has 0 bridgehead atoms. The number of aromatic nitrogens is 1. The molecule has 1 aliphatic heterocycles. The van der Waals surface area contributed by atoms with Gasteiger partial charge in [0.05, 0.1) is 48.8 Å². The molecule has 2 aromatic heterocycles. The predicted molar refractivity (Wildman–Crippen MR) is 169 cm³/mol. The Balaban J connectivity index is 1.66. The van der Waals surface area contributed by atoms with Gasteiger partial charge >= 0.3 is 11.9 Å². The van der Waals surface area contributed by atoms with Gasteiger partial charge in [-0.15, -0.1) is 0 Å². The maximum absolute atomic E-state index is 14.1. The number of nitrogens with zero attached hydrogens (tertiary/aromatic N) is 2. The minimum atomic E-state index is -0.869. The van der Waals surface area contributed by atoms with Crippen molar-refractivity contribution >= 4 is 29.4 Å². The Labute approximate surface area is 263 Å². The smallest absolute Gasteiger partial charge is 0.338 e. The van der Waals surface area contributed by atoms with Crippen LogP contribution in [0.15, 0.2) is 80.1 Å². The van der Waals surface area contributed by atoms with Crippen molar-refractivity contribution < 1.29 is 33.0 Å². The summed E-state index contributed by atoms with van der Waals surface area (Å²) in [6, 6.07) is 14.9. The summed E-state index contributed by atoms with van der Waals surface area (Å²) >= 11 is 1.20. The Morgan fingerprint density at radius 2 is 1.76 bits per heavy atom. The standard InChI is InChI=1S/C34H34N2O8S/c1-6-10-25-29(33(39)43-8-3)30(24-18-22(40-4)13-16-27(24)41-5)36-31(37)28(45-34(36)35-25)19-23-14-15-26(44-23)20-11-9-12-21(17-20)32(38)42-7-2/h9,11-19,30H,6-8,10H2,1-5H3/b28-19-/t30-/m0/s1. The van der Waals surface area contributed by atoms with E-state index in [0.717, 1.165) is 6.42 Å². The fourth-order valence-corrected chi connectivity index (χ4v) is 6.20. The van der Waals surface area contributed by atoms with E-state index in [4.69, 9.17) is 28.4 Å². The minimum Gasteiger partial charge on any atom is -0.497 e. The number of fused-ring (bicyclic) bond motifs is 1. The second kappa shape index (κ2) is 13.8. The Hall–Kier alpha value is -4.90. The molecule has 1 aliphatic rings. The highest BCUT2D eigenvalue weighted by Gasteiger charge is 2.36. The van der Waals surface area contributed by atoms with Crippen molar-refractivity contribution in [3.63, 3.8) is 0 Å². The van der Waals surface area contributed by atoms with Crippen LogP contribution in [0.5, 0.6) is 11.5 Å². The molecular formula is C34H34N2O8S. The van der Waals surface area contributed by atoms with Crippen molar-refractivity contribution in [3.8, 4) is 22.8 Å². The molecule has 10 nitrogen and oxygen atoms in total. The van der Waals surface area contributed by atoms with Gasteiger partial charge in [0.25, 0.3) is 5.56 Å². The molecule has 0 N–H and O–H groups in total. The van der Waals surface area contributed by atoms with Crippen molar-refractivity contribution in [1.29, 1.82) is 0 Å². The number of benzene rings is 2. The van der Waals surface area contributed by atoms with Crippen molar-refractivity contribution in [3.05, 3.63) is 102 Å². The lowest BCUT2D eigenvalue weighted by molar-refractivity contribution is -0.139. The number of furan rings is 1. The molecule has 0 radical (unpaired) electrons. The zero-order valence-corrected chi connectivity index (χ0v) is 26.6. The molecule has 1 atom stereocenters. The van der Waals surface area contributed by atoms with Crippen LogP contribution < -0.4 is 24.4 Å². The lowest BCUT2D eigenvalue weighted by Gasteiger charge is -2.27. The van der Waals surface area contributed by atoms with Crippen LogP contribution in [0.25, 0.3) is 17.4 Å². The van der Waals surface area contributed by atoms with Gasteiger partial charge < -0.3 is 23.4 Å². The Kier molecular flexibility index (Phi) is 9.68. The maximum atomic E-state index is 14.1. The van der Waals surface area contributed by atoms with Crippen LogP contribution in [0, 0.1) is 0 Å². The Bertz CT molecular complexity index is 1950. The number of esters is 2. The molecule has 4 aromatic rings. The van der Waals surface area contributed by atoms with Gasteiger partial charge in [-0.2, -0.15) is 0 Å². The molecule has 0 amide bonds. The summed E-state index contributed by atoms with van der Waals surface area (Å²) in [5, 5.41) is 0. The number of methoxy groups -OCH3 is 2. The number of ether oxygens (including phenoxy) is 4. The molecule has 234 valence electrons. The van der Waals surface area contributed by atoms with Gasteiger partial charge in [-0.1, -0.05) is 36.8 Å². The van der Waals surface area contributed by atoms with Crippen LogP contribution in [0.4, 0.5) is 0 Å². The Morgan fingerprint density at radius 3 is 2.47 bits per heavy atom. The van der Waals surface area contributed by atoms with E-state index in [-0.39, 0.29) is 24.3 Å². The number of allylic oxidation sites excluding steroid dienone is 1. The van der Waals surface area contributed by atoms with Crippen molar-refractivity contribution in [2.45, 2.75) is 39.7 Å². The summed E-state index contributed by atoms with van der Waals surface area (Å²) in [7, 11) is 3.08. The summed E-state index contributed by atoms with van der Waals surface area (Å²) < 4.78 is 29.7. The van der Waals surface area contributed by atoms with E-state index < -0.39 is 18.0 Å². The van der Waals surface area contributed by atoms with Gasteiger partial charge in [-0.25, -0.2) is 14.6 Å². The lowest BCUT2D eigenvalue weighted by atomic mass is 9.93. The van der Waals surface area contributed by atoms with Gasteiger partial charge in [0.2, 0.25) is 0 Å². The second-order valence-corrected chi connectivity index (χ2v) is 11.0. The first kappa shape index (κ1) is 31.5. The molecule has 3 heterocycles. The molecule has 0 spiro atoms. The largest absolute Gasteiger partial charge is 0.497 e. The van der Waals surface area contributed by atoms with Gasteiger partial charge in [0.1, 0.15) is 29.1 Å². The summed E-state index contributed by atoms with van der Waals surface area (Å²) in [6.07, 6.45) is 2.88. The van der Waals surface area contributed by atoms with Crippen LogP contribution >= 0.6 is 11.3 Å². The number of hydrogen-bond acceptors (Lipinski definition) is 10. The normalized spacial score (nSPS) is 14.5. The van der Waals surface area contributed by atoms with Gasteiger partial charge in [0.15, 0.2) is 4.80 Å². The lowest BCUT2D eigenvalue weighted by Crippen LogP contribution is -2.40. The SMILES string of the molecule is CCCC1=C(C(=O)OCC)[C@H](c2cc(OC)ccc2OC)n2c(s/c(=C\c3ccc(-c4cccc(C(=O)OCC)c4)o3)c2=O)=N1. The molecule has 45 heavy (non-hydrogen) atoms. The van der Waals surface area contributed by atoms with E-state index in [1.165, 1.54) is 23.0 Å².